The molecule has 0 aliphatic carbocycles. The van der Waals surface area contributed by atoms with Crippen molar-refractivity contribution in [3.63, 3.8) is 0 Å². The molecule has 2 aromatic rings. The molecule has 2 amide bonds. The maximum Gasteiger partial charge on any atom is 0.240 e. The van der Waals surface area contributed by atoms with Gasteiger partial charge in [-0.15, -0.1) is 0 Å². The number of rotatable bonds is 8. The fourth-order valence-corrected chi connectivity index (χ4v) is 2.27. The van der Waals surface area contributed by atoms with Gasteiger partial charge in [0.05, 0.1) is 26.5 Å². The second-order valence-corrected chi connectivity index (χ2v) is 5.40. The number of ether oxygens (including phenoxy) is 1. The van der Waals surface area contributed by atoms with Crippen LogP contribution in [0.4, 0.5) is 0 Å². The fourth-order valence-electron chi connectivity index (χ4n) is 2.27. The number of nitrogens with zero attached hydrogens (tertiary/aromatic N) is 1. The highest BCUT2D eigenvalue weighted by atomic mass is 16.5. The number of hydrogen-bond donors (Lipinski definition) is 1. The van der Waals surface area contributed by atoms with Gasteiger partial charge >= 0.3 is 0 Å². The number of nitrogens with one attached hydrogen (secondary N) is 1. The van der Waals surface area contributed by atoms with Crippen molar-refractivity contribution in [3.05, 3.63) is 54.0 Å². The zero-order chi connectivity index (χ0) is 17.4. The van der Waals surface area contributed by atoms with E-state index in [4.69, 9.17) is 9.15 Å². The summed E-state index contributed by atoms with van der Waals surface area (Å²) in [6.07, 6.45) is 2.21. The first-order valence-corrected chi connectivity index (χ1v) is 7.76. The molecule has 0 unspecified atom stereocenters. The van der Waals surface area contributed by atoms with Crippen LogP contribution in [0.5, 0.6) is 5.75 Å². The van der Waals surface area contributed by atoms with Gasteiger partial charge < -0.3 is 19.4 Å². The molecule has 0 aliphatic heterocycles. The number of methoxy groups -OCH3 is 1. The Morgan fingerprint density at radius 3 is 2.75 bits per heavy atom. The molecule has 24 heavy (non-hydrogen) atoms. The summed E-state index contributed by atoms with van der Waals surface area (Å²) in [5.74, 6) is 1.10. The lowest BCUT2D eigenvalue weighted by molar-refractivity contribution is -0.134. The Kier molecular flexibility index (Phi) is 6.42. The summed E-state index contributed by atoms with van der Waals surface area (Å²) >= 11 is 0. The summed E-state index contributed by atoms with van der Waals surface area (Å²) in [6.45, 7) is 2.27. The van der Waals surface area contributed by atoms with Crippen molar-refractivity contribution in [1.82, 2.24) is 10.2 Å². The van der Waals surface area contributed by atoms with Gasteiger partial charge in [-0.05, 0) is 36.2 Å². The van der Waals surface area contributed by atoms with Gasteiger partial charge in [-0.1, -0.05) is 12.1 Å². The average Bonchev–Trinajstić information content (AvgIpc) is 3.10. The second-order valence-electron chi connectivity index (χ2n) is 5.40. The molecule has 0 saturated carbocycles. The molecule has 0 fully saturated rings. The van der Waals surface area contributed by atoms with E-state index >= 15 is 0 Å². The van der Waals surface area contributed by atoms with Crippen LogP contribution in [0.25, 0.3) is 0 Å². The van der Waals surface area contributed by atoms with E-state index in [-0.39, 0.29) is 18.4 Å². The Hall–Kier alpha value is -2.76. The molecule has 1 aromatic carbocycles. The third kappa shape index (κ3) is 5.46. The summed E-state index contributed by atoms with van der Waals surface area (Å²) in [7, 11) is 1.62. The number of carbonyl (C=O) groups is 2. The maximum atomic E-state index is 12.0. The van der Waals surface area contributed by atoms with Gasteiger partial charge in [0.25, 0.3) is 0 Å². The van der Waals surface area contributed by atoms with Crippen LogP contribution in [0.3, 0.4) is 0 Å². The van der Waals surface area contributed by atoms with E-state index < -0.39 is 0 Å². The molecule has 2 rings (SSSR count). The number of furan rings is 1. The van der Waals surface area contributed by atoms with E-state index in [9.17, 15) is 9.59 Å². The molecule has 0 bridgehead atoms. The van der Waals surface area contributed by atoms with Crippen molar-refractivity contribution in [2.24, 2.45) is 0 Å². The first kappa shape index (κ1) is 17.6. The minimum atomic E-state index is -0.216. The molecule has 6 nitrogen and oxygen atoms in total. The SMILES string of the molecule is COc1cccc(CCN(CC(=O)NCc2ccco2)C(C)=O)c1. The summed E-state index contributed by atoms with van der Waals surface area (Å²) in [5, 5.41) is 2.74. The van der Waals surface area contributed by atoms with Crippen LogP contribution in [-0.4, -0.2) is 36.9 Å². The van der Waals surface area contributed by atoms with E-state index in [0.717, 1.165) is 11.3 Å². The lowest BCUT2D eigenvalue weighted by atomic mass is 10.1. The fraction of sp³-hybridized carbons (Fsp3) is 0.333. The third-order valence-electron chi connectivity index (χ3n) is 3.62. The van der Waals surface area contributed by atoms with E-state index in [2.05, 4.69) is 5.32 Å². The molecule has 0 aliphatic rings. The highest BCUT2D eigenvalue weighted by molar-refractivity contribution is 5.83. The van der Waals surface area contributed by atoms with E-state index in [1.54, 1.807) is 25.5 Å². The lowest BCUT2D eigenvalue weighted by Gasteiger charge is -2.20. The normalized spacial score (nSPS) is 10.2. The largest absolute Gasteiger partial charge is 0.497 e. The zero-order valence-electron chi connectivity index (χ0n) is 14.0. The smallest absolute Gasteiger partial charge is 0.240 e. The van der Waals surface area contributed by atoms with Gasteiger partial charge in [0.2, 0.25) is 11.8 Å². The molecule has 0 saturated heterocycles. The van der Waals surface area contributed by atoms with Gasteiger partial charge in [0, 0.05) is 13.5 Å². The van der Waals surface area contributed by atoms with E-state index in [1.165, 1.54) is 11.8 Å². The summed E-state index contributed by atoms with van der Waals surface area (Å²) < 4.78 is 10.3. The minimum Gasteiger partial charge on any atom is -0.497 e. The van der Waals surface area contributed by atoms with Gasteiger partial charge in [0.15, 0.2) is 0 Å². The van der Waals surface area contributed by atoms with E-state index in [0.29, 0.717) is 25.3 Å². The van der Waals surface area contributed by atoms with Crippen LogP contribution in [0.15, 0.2) is 47.1 Å². The van der Waals surface area contributed by atoms with Gasteiger partial charge in [-0.25, -0.2) is 0 Å². The van der Waals surface area contributed by atoms with Crippen molar-refractivity contribution in [3.8, 4) is 5.75 Å². The Morgan fingerprint density at radius 1 is 1.25 bits per heavy atom. The molecule has 0 radical (unpaired) electrons. The highest BCUT2D eigenvalue weighted by Gasteiger charge is 2.14. The Bertz CT molecular complexity index is 667. The molecule has 1 N–H and O–H groups in total. The number of carbonyl (C=O) groups excluding carboxylic acids is 2. The van der Waals surface area contributed by atoms with Gasteiger partial charge in [0.1, 0.15) is 11.5 Å². The molecule has 0 atom stereocenters. The monoisotopic (exact) mass is 330 g/mol. The van der Waals surface area contributed by atoms with Gasteiger partial charge in [-0.3, -0.25) is 9.59 Å². The van der Waals surface area contributed by atoms with Crippen molar-refractivity contribution in [2.45, 2.75) is 19.9 Å². The molecule has 1 heterocycles. The van der Waals surface area contributed by atoms with Crippen LogP contribution >= 0.6 is 0 Å². The predicted molar refractivity (Wildman–Crippen MR) is 89.5 cm³/mol. The third-order valence-corrected chi connectivity index (χ3v) is 3.62. The maximum absolute atomic E-state index is 12.0. The van der Waals surface area contributed by atoms with Crippen molar-refractivity contribution >= 4 is 11.8 Å². The quantitative estimate of drug-likeness (QED) is 0.803. The summed E-state index contributed by atoms with van der Waals surface area (Å²) in [5.41, 5.74) is 1.05. The standard InChI is InChI=1S/C18H22N2O4/c1-14(21)20(9-8-15-5-3-6-16(11-15)23-2)13-18(22)19-12-17-7-4-10-24-17/h3-7,10-11H,8-9,12-13H2,1-2H3,(H,19,22). The van der Waals surface area contributed by atoms with Crippen LogP contribution in [0.1, 0.15) is 18.2 Å². The number of benzene rings is 1. The Balaban J connectivity index is 1.84. The average molecular weight is 330 g/mol. The molecule has 6 heteroatoms. The summed E-state index contributed by atoms with van der Waals surface area (Å²) in [4.78, 5) is 25.3. The van der Waals surface area contributed by atoms with Gasteiger partial charge in [-0.2, -0.15) is 0 Å². The van der Waals surface area contributed by atoms with Crippen molar-refractivity contribution < 1.29 is 18.7 Å². The first-order chi connectivity index (χ1) is 11.6. The van der Waals surface area contributed by atoms with Crippen LogP contribution in [-0.2, 0) is 22.6 Å². The molecule has 0 spiro atoms. The number of amides is 2. The second kappa shape index (κ2) is 8.76. The first-order valence-electron chi connectivity index (χ1n) is 7.76. The molecular formula is C18H22N2O4. The highest BCUT2D eigenvalue weighted by Crippen LogP contribution is 2.13. The summed E-state index contributed by atoms with van der Waals surface area (Å²) in [6, 6.07) is 11.2. The Labute approximate surface area is 141 Å². The van der Waals surface area contributed by atoms with Crippen LogP contribution in [0.2, 0.25) is 0 Å². The minimum absolute atomic E-state index is 0.0278. The van der Waals surface area contributed by atoms with Crippen molar-refractivity contribution in [1.29, 1.82) is 0 Å². The lowest BCUT2D eigenvalue weighted by Crippen LogP contribution is -2.40. The van der Waals surface area contributed by atoms with Crippen LogP contribution in [0, 0.1) is 0 Å². The predicted octanol–water partition coefficient (Wildman–Crippen LogP) is 2.00. The van der Waals surface area contributed by atoms with E-state index in [1.807, 2.05) is 24.3 Å². The van der Waals surface area contributed by atoms with Crippen molar-refractivity contribution in [2.75, 3.05) is 20.2 Å². The molecule has 1 aromatic heterocycles. The number of hydrogen-bond acceptors (Lipinski definition) is 4. The molecule has 128 valence electrons. The Morgan fingerprint density at radius 2 is 2.08 bits per heavy atom. The van der Waals surface area contributed by atoms with Crippen LogP contribution < -0.4 is 10.1 Å². The topological polar surface area (TPSA) is 71.8 Å². The zero-order valence-corrected chi connectivity index (χ0v) is 14.0. The molecular weight excluding hydrogens is 308 g/mol.